The molecule has 2 heteroatoms. The van der Waals surface area contributed by atoms with Gasteiger partial charge in [-0.05, 0) is 18.4 Å². The standard InChI is InChI=1S/C12H20O2/c1-9-6-7-12(14-5,10(13)8-9)11(2,3)4/h6-8,10,13H,1-5H3. The highest BCUT2D eigenvalue weighted by Gasteiger charge is 2.46. The molecule has 0 radical (unpaired) electrons. The second-order valence-electron chi connectivity index (χ2n) is 4.94. The van der Waals surface area contributed by atoms with Crippen molar-refractivity contribution in [3.8, 4) is 0 Å². The lowest BCUT2D eigenvalue weighted by atomic mass is 9.70. The zero-order chi connectivity index (χ0) is 11.0. The summed E-state index contributed by atoms with van der Waals surface area (Å²) in [5.41, 5.74) is 0.343. The minimum atomic E-state index is -0.605. The Balaban J connectivity index is 3.11. The Labute approximate surface area is 86.3 Å². The Kier molecular flexibility index (Phi) is 2.88. The number of aliphatic hydroxyl groups is 1. The van der Waals surface area contributed by atoms with E-state index in [0.717, 1.165) is 5.57 Å². The van der Waals surface area contributed by atoms with Crippen LogP contribution in [0.25, 0.3) is 0 Å². The molecule has 14 heavy (non-hydrogen) atoms. The monoisotopic (exact) mass is 196 g/mol. The van der Waals surface area contributed by atoms with Crippen LogP contribution in [0.4, 0.5) is 0 Å². The van der Waals surface area contributed by atoms with E-state index in [2.05, 4.69) is 20.8 Å². The van der Waals surface area contributed by atoms with E-state index in [4.69, 9.17) is 4.74 Å². The molecular weight excluding hydrogens is 176 g/mol. The highest BCUT2D eigenvalue weighted by atomic mass is 16.5. The van der Waals surface area contributed by atoms with E-state index < -0.39 is 11.7 Å². The number of rotatable bonds is 1. The SMILES string of the molecule is COC1(C(C)(C)C)C=CC(C)=CC1O. The van der Waals surface area contributed by atoms with Gasteiger partial charge in [-0.3, -0.25) is 0 Å². The van der Waals surface area contributed by atoms with E-state index in [-0.39, 0.29) is 5.41 Å². The molecule has 0 saturated carbocycles. The second kappa shape index (κ2) is 3.52. The van der Waals surface area contributed by atoms with Gasteiger partial charge in [0.05, 0.1) is 0 Å². The van der Waals surface area contributed by atoms with Crippen LogP contribution in [0.3, 0.4) is 0 Å². The van der Waals surface area contributed by atoms with Gasteiger partial charge >= 0.3 is 0 Å². The Hall–Kier alpha value is -0.600. The van der Waals surface area contributed by atoms with Crippen LogP contribution in [0.1, 0.15) is 27.7 Å². The molecule has 0 amide bonds. The van der Waals surface area contributed by atoms with E-state index in [1.54, 1.807) is 7.11 Å². The first-order valence-corrected chi connectivity index (χ1v) is 4.94. The van der Waals surface area contributed by atoms with Gasteiger partial charge in [-0.2, -0.15) is 0 Å². The molecule has 0 spiro atoms. The third-order valence-electron chi connectivity index (χ3n) is 2.96. The predicted octanol–water partition coefficient (Wildman–Crippen LogP) is 2.29. The van der Waals surface area contributed by atoms with Crippen molar-refractivity contribution in [2.75, 3.05) is 7.11 Å². The van der Waals surface area contributed by atoms with Crippen molar-refractivity contribution in [2.45, 2.75) is 39.4 Å². The third kappa shape index (κ3) is 1.64. The summed E-state index contributed by atoms with van der Waals surface area (Å²) in [5.74, 6) is 0. The van der Waals surface area contributed by atoms with Crippen molar-refractivity contribution in [3.05, 3.63) is 23.8 Å². The van der Waals surface area contributed by atoms with Gasteiger partial charge in [-0.15, -0.1) is 0 Å². The zero-order valence-electron chi connectivity index (χ0n) is 9.66. The van der Waals surface area contributed by atoms with Gasteiger partial charge in [0.25, 0.3) is 0 Å². The summed E-state index contributed by atoms with van der Waals surface area (Å²) in [4.78, 5) is 0. The van der Waals surface area contributed by atoms with E-state index >= 15 is 0 Å². The van der Waals surface area contributed by atoms with Crippen LogP contribution in [0.2, 0.25) is 0 Å². The molecule has 1 N–H and O–H groups in total. The molecule has 2 atom stereocenters. The number of hydrogen-bond acceptors (Lipinski definition) is 2. The van der Waals surface area contributed by atoms with E-state index in [0.29, 0.717) is 0 Å². The molecule has 0 aromatic heterocycles. The minimum Gasteiger partial charge on any atom is -0.386 e. The summed E-state index contributed by atoms with van der Waals surface area (Å²) in [5, 5.41) is 10.1. The van der Waals surface area contributed by atoms with E-state index in [1.807, 2.05) is 25.2 Å². The molecule has 0 aromatic carbocycles. The number of ether oxygens (including phenoxy) is 1. The Morgan fingerprint density at radius 1 is 1.43 bits per heavy atom. The molecular formula is C12H20O2. The minimum absolute atomic E-state index is 0.130. The van der Waals surface area contributed by atoms with Crippen molar-refractivity contribution in [3.63, 3.8) is 0 Å². The van der Waals surface area contributed by atoms with Crippen LogP contribution < -0.4 is 0 Å². The summed E-state index contributed by atoms with van der Waals surface area (Å²) in [6, 6.07) is 0. The van der Waals surface area contributed by atoms with Gasteiger partial charge in [0, 0.05) is 7.11 Å². The number of allylic oxidation sites excluding steroid dienone is 2. The van der Waals surface area contributed by atoms with Crippen LogP contribution in [-0.4, -0.2) is 23.9 Å². The molecule has 2 nitrogen and oxygen atoms in total. The van der Waals surface area contributed by atoms with Gasteiger partial charge in [-0.25, -0.2) is 0 Å². The van der Waals surface area contributed by atoms with Crippen molar-refractivity contribution in [1.82, 2.24) is 0 Å². The molecule has 2 unspecified atom stereocenters. The fourth-order valence-electron chi connectivity index (χ4n) is 1.97. The van der Waals surface area contributed by atoms with Crippen LogP contribution in [0, 0.1) is 5.41 Å². The Bertz CT molecular complexity index is 271. The molecule has 1 aliphatic rings. The van der Waals surface area contributed by atoms with Gasteiger partial charge in [-0.1, -0.05) is 38.5 Å². The molecule has 1 rings (SSSR count). The van der Waals surface area contributed by atoms with Crippen LogP contribution in [0.5, 0.6) is 0 Å². The van der Waals surface area contributed by atoms with Gasteiger partial charge in [0.15, 0.2) is 0 Å². The molecule has 0 heterocycles. The predicted molar refractivity (Wildman–Crippen MR) is 58.1 cm³/mol. The molecule has 0 saturated heterocycles. The maximum atomic E-state index is 10.1. The number of methoxy groups -OCH3 is 1. The van der Waals surface area contributed by atoms with Crippen molar-refractivity contribution in [1.29, 1.82) is 0 Å². The number of aliphatic hydroxyl groups excluding tert-OH is 1. The van der Waals surface area contributed by atoms with Gasteiger partial charge < -0.3 is 9.84 Å². The van der Waals surface area contributed by atoms with Crippen molar-refractivity contribution in [2.24, 2.45) is 5.41 Å². The van der Waals surface area contributed by atoms with Crippen LogP contribution >= 0.6 is 0 Å². The fraction of sp³-hybridized carbons (Fsp3) is 0.667. The lowest BCUT2D eigenvalue weighted by Gasteiger charge is -2.45. The molecule has 0 aromatic rings. The summed E-state index contributed by atoms with van der Waals surface area (Å²) in [6.45, 7) is 8.18. The first kappa shape index (κ1) is 11.5. The van der Waals surface area contributed by atoms with E-state index in [1.165, 1.54) is 0 Å². The van der Waals surface area contributed by atoms with Crippen LogP contribution in [0.15, 0.2) is 23.8 Å². The smallest absolute Gasteiger partial charge is 0.120 e. The quantitative estimate of drug-likeness (QED) is 0.697. The fourth-order valence-corrected chi connectivity index (χ4v) is 1.97. The average molecular weight is 196 g/mol. The normalized spacial score (nSPS) is 33.0. The maximum absolute atomic E-state index is 10.1. The lowest BCUT2D eigenvalue weighted by Crippen LogP contribution is -2.52. The van der Waals surface area contributed by atoms with Gasteiger partial charge in [0.1, 0.15) is 11.7 Å². The second-order valence-corrected chi connectivity index (χ2v) is 4.94. The molecule has 0 bridgehead atoms. The topological polar surface area (TPSA) is 29.5 Å². The molecule has 1 aliphatic carbocycles. The Morgan fingerprint density at radius 3 is 2.36 bits per heavy atom. The summed E-state index contributed by atoms with van der Waals surface area (Å²) >= 11 is 0. The lowest BCUT2D eigenvalue weighted by molar-refractivity contribution is -0.115. The zero-order valence-corrected chi connectivity index (χ0v) is 9.66. The summed E-state index contributed by atoms with van der Waals surface area (Å²) in [7, 11) is 1.65. The summed E-state index contributed by atoms with van der Waals surface area (Å²) in [6.07, 6.45) is 5.24. The maximum Gasteiger partial charge on any atom is 0.120 e. The highest BCUT2D eigenvalue weighted by molar-refractivity contribution is 5.32. The first-order chi connectivity index (χ1) is 6.33. The molecule has 80 valence electrons. The molecule has 0 fully saturated rings. The third-order valence-corrected chi connectivity index (χ3v) is 2.96. The van der Waals surface area contributed by atoms with E-state index in [9.17, 15) is 5.11 Å². The van der Waals surface area contributed by atoms with Crippen molar-refractivity contribution >= 4 is 0 Å². The summed E-state index contributed by atoms with van der Waals surface area (Å²) < 4.78 is 5.52. The van der Waals surface area contributed by atoms with Crippen molar-refractivity contribution < 1.29 is 9.84 Å². The largest absolute Gasteiger partial charge is 0.386 e. The average Bonchev–Trinajstić information content (AvgIpc) is 2.02. The van der Waals surface area contributed by atoms with Crippen LogP contribution in [-0.2, 0) is 4.74 Å². The van der Waals surface area contributed by atoms with Gasteiger partial charge in [0.2, 0.25) is 0 Å². The number of hydrogen-bond donors (Lipinski definition) is 1. The highest BCUT2D eigenvalue weighted by Crippen LogP contribution is 2.40. The first-order valence-electron chi connectivity index (χ1n) is 4.94. The molecule has 0 aliphatic heterocycles. The Morgan fingerprint density at radius 2 is 2.00 bits per heavy atom.